The van der Waals surface area contributed by atoms with Crippen molar-refractivity contribution in [3.63, 3.8) is 0 Å². The molecule has 0 spiro atoms. The Morgan fingerprint density at radius 3 is 2.39 bits per heavy atom. The minimum absolute atomic E-state index is 0.00131. The predicted octanol–water partition coefficient (Wildman–Crippen LogP) is 3.35. The first-order chi connectivity index (χ1) is 10.6. The van der Waals surface area contributed by atoms with Crippen LogP contribution < -0.4 is 0 Å². The molecule has 1 aromatic carbocycles. The fourth-order valence-electron chi connectivity index (χ4n) is 3.97. The van der Waals surface area contributed by atoms with Gasteiger partial charge in [0.2, 0.25) is 0 Å². The topological polar surface area (TPSA) is 54.4 Å². The second-order valence-corrected chi connectivity index (χ2v) is 7.67. The van der Waals surface area contributed by atoms with Gasteiger partial charge in [0.05, 0.1) is 5.41 Å². The molecule has 0 unspecified atom stereocenters. The summed E-state index contributed by atoms with van der Waals surface area (Å²) >= 11 is 0. The fourth-order valence-corrected chi connectivity index (χ4v) is 3.97. The van der Waals surface area contributed by atoms with Gasteiger partial charge < -0.3 is 5.11 Å². The van der Waals surface area contributed by atoms with Crippen LogP contribution >= 0.6 is 0 Å². The Morgan fingerprint density at radius 1 is 1.13 bits per heavy atom. The van der Waals surface area contributed by atoms with Gasteiger partial charge in [0.1, 0.15) is 5.78 Å². The first-order valence-electron chi connectivity index (χ1n) is 8.27. The van der Waals surface area contributed by atoms with Gasteiger partial charge in [-0.1, -0.05) is 26.0 Å². The summed E-state index contributed by atoms with van der Waals surface area (Å²) < 4.78 is 0. The van der Waals surface area contributed by atoms with E-state index in [-0.39, 0.29) is 17.5 Å². The zero-order chi connectivity index (χ0) is 17.2. The van der Waals surface area contributed by atoms with E-state index in [1.54, 1.807) is 13.8 Å². The molecule has 0 saturated carbocycles. The molecule has 23 heavy (non-hydrogen) atoms. The number of aliphatic hydroxyl groups is 1. The molecule has 1 atom stereocenters. The Bertz CT molecular complexity index is 752. The van der Waals surface area contributed by atoms with Crippen LogP contribution in [0.2, 0.25) is 0 Å². The lowest BCUT2D eigenvalue weighted by atomic mass is 9.61. The van der Waals surface area contributed by atoms with Crippen molar-refractivity contribution in [1.82, 2.24) is 0 Å². The van der Waals surface area contributed by atoms with E-state index in [4.69, 9.17) is 0 Å². The molecule has 0 fully saturated rings. The number of hydrogen-bond acceptors (Lipinski definition) is 3. The molecule has 1 aromatic rings. The number of rotatable bonds is 1. The Balaban J connectivity index is 2.45. The van der Waals surface area contributed by atoms with Gasteiger partial charge in [0.15, 0.2) is 11.4 Å². The van der Waals surface area contributed by atoms with Gasteiger partial charge in [0.25, 0.3) is 0 Å². The highest BCUT2D eigenvalue weighted by atomic mass is 16.3. The van der Waals surface area contributed by atoms with Gasteiger partial charge in [0, 0.05) is 17.6 Å². The van der Waals surface area contributed by atoms with E-state index >= 15 is 0 Å². The van der Waals surface area contributed by atoms with Crippen molar-refractivity contribution < 1.29 is 14.7 Å². The van der Waals surface area contributed by atoms with E-state index in [0.29, 0.717) is 24.0 Å². The summed E-state index contributed by atoms with van der Waals surface area (Å²) in [6, 6.07) is 3.97. The zero-order valence-electron chi connectivity index (χ0n) is 14.5. The second-order valence-electron chi connectivity index (χ2n) is 7.67. The average molecular weight is 312 g/mol. The van der Waals surface area contributed by atoms with E-state index in [9.17, 15) is 14.7 Å². The summed E-state index contributed by atoms with van der Waals surface area (Å²) in [5, 5.41) is 11.6. The number of Topliss-reactive ketones (excluding diaryl/α,β-unsaturated/α-hetero) is 2. The maximum atomic E-state index is 13.2. The molecule has 3 nitrogen and oxygen atoms in total. The Kier molecular flexibility index (Phi) is 3.42. The summed E-state index contributed by atoms with van der Waals surface area (Å²) in [5.74, 6) is -0.370. The Hall–Kier alpha value is -1.74. The monoisotopic (exact) mass is 312 g/mol. The maximum absolute atomic E-state index is 13.2. The normalized spacial score (nSPS) is 26.0. The highest BCUT2D eigenvalue weighted by Crippen LogP contribution is 2.52. The van der Waals surface area contributed by atoms with Crippen molar-refractivity contribution in [2.24, 2.45) is 11.3 Å². The average Bonchev–Trinajstić information content (AvgIpc) is 2.55. The molecule has 0 heterocycles. The van der Waals surface area contributed by atoms with Crippen LogP contribution in [0, 0.1) is 18.3 Å². The molecule has 2 aliphatic carbocycles. The molecule has 0 aliphatic heterocycles. The molecular weight excluding hydrogens is 288 g/mol. The predicted molar refractivity (Wildman–Crippen MR) is 90.0 cm³/mol. The lowest BCUT2D eigenvalue weighted by molar-refractivity contribution is -0.159. The molecule has 2 aliphatic rings. The van der Waals surface area contributed by atoms with Gasteiger partial charge in [-0.05, 0) is 55.9 Å². The summed E-state index contributed by atoms with van der Waals surface area (Å²) in [5.41, 5.74) is 1.20. The number of ketones is 2. The second kappa shape index (κ2) is 4.88. The van der Waals surface area contributed by atoms with E-state index in [1.807, 2.05) is 39.0 Å². The van der Waals surface area contributed by atoms with Crippen LogP contribution in [0.3, 0.4) is 0 Å². The van der Waals surface area contributed by atoms with Crippen molar-refractivity contribution in [3.8, 4) is 0 Å². The smallest absolute Gasteiger partial charge is 0.196 e. The van der Waals surface area contributed by atoms with Crippen LogP contribution in [0.1, 0.15) is 56.4 Å². The Labute approximate surface area is 137 Å². The van der Waals surface area contributed by atoms with E-state index in [0.717, 1.165) is 16.7 Å². The quantitative estimate of drug-likeness (QED) is 0.865. The largest absolute Gasteiger partial charge is 0.376 e. The van der Waals surface area contributed by atoms with Crippen LogP contribution in [0.25, 0.3) is 6.08 Å². The van der Waals surface area contributed by atoms with Crippen LogP contribution in [0.15, 0.2) is 17.7 Å². The maximum Gasteiger partial charge on any atom is 0.196 e. The van der Waals surface area contributed by atoms with E-state index in [1.165, 1.54) is 0 Å². The molecule has 0 aromatic heterocycles. The molecule has 1 N–H and O–H groups in total. The number of hydrogen-bond donors (Lipinski definition) is 1. The van der Waals surface area contributed by atoms with E-state index < -0.39 is 11.0 Å². The van der Waals surface area contributed by atoms with Gasteiger partial charge in [-0.25, -0.2) is 0 Å². The van der Waals surface area contributed by atoms with Crippen LogP contribution in [-0.4, -0.2) is 16.7 Å². The number of carbonyl (C=O) groups excluding carboxylic acids is 2. The first kappa shape index (κ1) is 16.1. The molecular formula is C20H24O3. The van der Waals surface area contributed by atoms with Crippen LogP contribution in [0.5, 0.6) is 0 Å². The molecule has 122 valence electrons. The number of carbonyl (C=O) groups is 2. The summed E-state index contributed by atoms with van der Waals surface area (Å²) in [4.78, 5) is 25.9. The summed E-state index contributed by atoms with van der Waals surface area (Å²) in [6.45, 7) is 9.28. The molecule has 0 radical (unpaired) electrons. The highest BCUT2D eigenvalue weighted by molar-refractivity contribution is 6.12. The molecule has 0 bridgehead atoms. The van der Waals surface area contributed by atoms with Crippen molar-refractivity contribution in [1.29, 1.82) is 0 Å². The third kappa shape index (κ3) is 1.92. The summed E-state index contributed by atoms with van der Waals surface area (Å²) in [6.07, 6.45) is 2.83. The van der Waals surface area contributed by atoms with Crippen molar-refractivity contribution >= 4 is 17.6 Å². The number of benzene rings is 1. The van der Waals surface area contributed by atoms with Crippen LogP contribution in [-0.2, 0) is 21.6 Å². The minimum atomic E-state index is -1.77. The molecule has 3 heteroatoms. The number of aryl methyl sites for hydroxylation is 1. The van der Waals surface area contributed by atoms with Crippen LogP contribution in [0.4, 0.5) is 0 Å². The van der Waals surface area contributed by atoms with Gasteiger partial charge in [-0.15, -0.1) is 0 Å². The van der Waals surface area contributed by atoms with E-state index in [2.05, 4.69) is 0 Å². The lowest BCUT2D eigenvalue weighted by Gasteiger charge is -2.44. The molecule has 0 saturated heterocycles. The SMILES string of the molecule is Cc1ccc2c3c1CCC(=O)C(C)(C)[C@@]3(O)C(=O)C(C(C)C)=C2. The third-order valence-electron chi connectivity index (χ3n) is 5.67. The molecule has 0 amide bonds. The lowest BCUT2D eigenvalue weighted by Crippen LogP contribution is -2.54. The van der Waals surface area contributed by atoms with Gasteiger partial charge >= 0.3 is 0 Å². The van der Waals surface area contributed by atoms with Crippen molar-refractivity contribution in [3.05, 3.63) is 40.0 Å². The Morgan fingerprint density at radius 2 is 1.78 bits per heavy atom. The van der Waals surface area contributed by atoms with Crippen molar-refractivity contribution in [2.45, 2.75) is 53.1 Å². The fraction of sp³-hybridized carbons (Fsp3) is 0.500. The third-order valence-corrected chi connectivity index (χ3v) is 5.67. The minimum Gasteiger partial charge on any atom is -0.376 e. The zero-order valence-corrected chi connectivity index (χ0v) is 14.5. The molecule has 3 rings (SSSR count). The summed E-state index contributed by atoms with van der Waals surface area (Å²) in [7, 11) is 0. The highest BCUT2D eigenvalue weighted by Gasteiger charge is 2.59. The first-order valence-corrected chi connectivity index (χ1v) is 8.27. The standard InChI is InChI=1S/C20H24O3/c1-11(2)15-10-13-7-6-12(3)14-8-9-16(21)19(4,5)20(23,17(13)14)18(15)22/h6-7,10-11,23H,8-9H2,1-5H3/t20-/m0/s1. The van der Waals surface area contributed by atoms with Gasteiger partial charge in [-0.3, -0.25) is 9.59 Å². The van der Waals surface area contributed by atoms with Crippen molar-refractivity contribution in [2.75, 3.05) is 0 Å². The van der Waals surface area contributed by atoms with Gasteiger partial charge in [-0.2, -0.15) is 0 Å².